The predicted octanol–water partition coefficient (Wildman–Crippen LogP) is 1.44. The van der Waals surface area contributed by atoms with Gasteiger partial charge in [0, 0.05) is 0 Å². The zero-order valence-corrected chi connectivity index (χ0v) is 10.7. The van der Waals surface area contributed by atoms with E-state index in [0.29, 0.717) is 0 Å². The van der Waals surface area contributed by atoms with E-state index in [1.807, 2.05) is 0 Å². The average Bonchev–Trinajstić information content (AvgIpc) is 3.06. The van der Waals surface area contributed by atoms with Crippen molar-refractivity contribution < 1.29 is 0 Å². The van der Waals surface area contributed by atoms with Gasteiger partial charge < -0.3 is 9.88 Å². The molecule has 1 unspecified atom stereocenters. The fourth-order valence-electron chi connectivity index (χ4n) is 2.36. The highest BCUT2D eigenvalue weighted by atomic mass is 15.1. The van der Waals surface area contributed by atoms with Gasteiger partial charge in [0.1, 0.15) is 6.04 Å². The zero-order valence-electron chi connectivity index (χ0n) is 10.7. The minimum Gasteiger partial charge on any atom is -0.346 e. The fourth-order valence-corrected chi connectivity index (χ4v) is 2.36. The van der Waals surface area contributed by atoms with Crippen molar-refractivity contribution >= 4 is 0 Å². The number of unbranched alkanes of at least 4 members (excludes halogenated alkanes) is 1. The summed E-state index contributed by atoms with van der Waals surface area (Å²) in [6.45, 7) is 4.61. The van der Waals surface area contributed by atoms with Gasteiger partial charge in [0.2, 0.25) is 0 Å². The number of imidazole rings is 1. The number of H-pyrrole nitrogens is 1. The van der Waals surface area contributed by atoms with Gasteiger partial charge in [0.15, 0.2) is 0 Å². The highest BCUT2D eigenvalue weighted by molar-refractivity contribution is 5.11. The Morgan fingerprint density at radius 3 is 2.94 bits per heavy atom. The van der Waals surface area contributed by atoms with Crippen LogP contribution in [0.4, 0.5) is 0 Å². The molecule has 1 fully saturated rings. The molecule has 0 aliphatic carbocycles. The quantitative estimate of drug-likeness (QED) is 0.715. The van der Waals surface area contributed by atoms with Gasteiger partial charge in [-0.3, -0.25) is 5.32 Å². The average molecular weight is 247 g/mol. The highest BCUT2D eigenvalue weighted by Gasteiger charge is 2.12. The summed E-state index contributed by atoms with van der Waals surface area (Å²) < 4.78 is 0. The normalized spacial score (nSPS) is 17.7. The summed E-state index contributed by atoms with van der Waals surface area (Å²) in [7, 11) is 0. The van der Waals surface area contributed by atoms with Gasteiger partial charge in [-0.25, -0.2) is 4.98 Å². The molecule has 0 aromatic carbocycles. The van der Waals surface area contributed by atoms with E-state index in [-0.39, 0.29) is 6.04 Å². The lowest BCUT2D eigenvalue weighted by Gasteiger charge is -2.14. The van der Waals surface area contributed by atoms with Gasteiger partial charge >= 0.3 is 0 Å². The van der Waals surface area contributed by atoms with Crippen LogP contribution in [0.15, 0.2) is 12.5 Å². The lowest BCUT2D eigenvalue weighted by atomic mass is 10.2. The molecule has 0 bridgehead atoms. The second kappa shape index (κ2) is 7.14. The largest absolute Gasteiger partial charge is 0.346 e. The summed E-state index contributed by atoms with van der Waals surface area (Å²) in [5.74, 6) is 0. The maximum absolute atomic E-state index is 9.06. The third kappa shape index (κ3) is 3.83. The van der Waals surface area contributed by atoms with Gasteiger partial charge in [0.25, 0.3) is 0 Å². The Labute approximate surface area is 108 Å². The Kier molecular flexibility index (Phi) is 5.18. The van der Waals surface area contributed by atoms with Gasteiger partial charge in [0.05, 0.1) is 24.3 Å². The first-order valence-corrected chi connectivity index (χ1v) is 6.74. The lowest BCUT2D eigenvalue weighted by Crippen LogP contribution is -2.24. The number of likely N-dealkylation sites (tertiary alicyclic amines) is 1. The Hall–Kier alpha value is -1.38. The summed E-state index contributed by atoms with van der Waals surface area (Å²) >= 11 is 0. The molecule has 2 N–H and O–H groups in total. The summed E-state index contributed by atoms with van der Waals surface area (Å²) in [6.07, 6.45) is 8.33. The van der Waals surface area contributed by atoms with E-state index in [1.165, 1.54) is 38.9 Å². The fraction of sp³-hybridized carbons (Fsp3) is 0.692. The molecule has 1 aliphatic rings. The van der Waals surface area contributed by atoms with Crippen LogP contribution in [-0.4, -0.2) is 41.0 Å². The van der Waals surface area contributed by atoms with Crippen molar-refractivity contribution in [3.63, 3.8) is 0 Å². The van der Waals surface area contributed by atoms with E-state index < -0.39 is 0 Å². The summed E-state index contributed by atoms with van der Waals surface area (Å²) in [5, 5.41) is 12.3. The second-order valence-corrected chi connectivity index (χ2v) is 4.78. The van der Waals surface area contributed by atoms with Crippen LogP contribution in [-0.2, 0) is 0 Å². The summed E-state index contributed by atoms with van der Waals surface area (Å²) in [4.78, 5) is 9.43. The molecule has 0 amide bonds. The molecule has 2 heterocycles. The van der Waals surface area contributed by atoms with E-state index in [9.17, 15) is 0 Å². The number of rotatable bonds is 7. The Bertz CT molecular complexity index is 361. The highest BCUT2D eigenvalue weighted by Crippen LogP contribution is 2.09. The van der Waals surface area contributed by atoms with E-state index in [2.05, 4.69) is 26.3 Å². The Morgan fingerprint density at radius 2 is 2.28 bits per heavy atom. The zero-order chi connectivity index (χ0) is 12.6. The molecule has 1 aliphatic heterocycles. The van der Waals surface area contributed by atoms with E-state index in [1.54, 1.807) is 12.5 Å². The smallest absolute Gasteiger partial charge is 0.137 e. The van der Waals surface area contributed by atoms with Crippen molar-refractivity contribution in [3.8, 4) is 6.07 Å². The summed E-state index contributed by atoms with van der Waals surface area (Å²) in [5.41, 5.74) is 0.844. The van der Waals surface area contributed by atoms with E-state index >= 15 is 0 Å². The number of hydrogen-bond donors (Lipinski definition) is 2. The number of nitriles is 1. The monoisotopic (exact) mass is 247 g/mol. The molecule has 2 rings (SSSR count). The third-order valence-corrected chi connectivity index (χ3v) is 3.41. The number of nitrogens with zero attached hydrogens (tertiary/aromatic N) is 3. The SMILES string of the molecule is N#CC(NCCCCN1CCCC1)c1cnc[nH]1. The minimum absolute atomic E-state index is 0.265. The van der Waals surface area contributed by atoms with Crippen molar-refractivity contribution in [1.29, 1.82) is 5.26 Å². The summed E-state index contributed by atoms with van der Waals surface area (Å²) in [6, 6.07) is 1.98. The van der Waals surface area contributed by atoms with Crippen molar-refractivity contribution in [2.45, 2.75) is 31.7 Å². The number of aromatic amines is 1. The van der Waals surface area contributed by atoms with E-state index in [0.717, 1.165) is 18.7 Å². The van der Waals surface area contributed by atoms with Crippen LogP contribution in [0.1, 0.15) is 37.4 Å². The number of nitrogens with one attached hydrogen (secondary N) is 2. The van der Waals surface area contributed by atoms with Crippen LogP contribution in [0, 0.1) is 11.3 Å². The van der Waals surface area contributed by atoms with Crippen molar-refractivity contribution in [2.24, 2.45) is 0 Å². The van der Waals surface area contributed by atoms with Crippen molar-refractivity contribution in [1.82, 2.24) is 20.2 Å². The molecule has 98 valence electrons. The molecule has 5 nitrogen and oxygen atoms in total. The van der Waals surface area contributed by atoms with Crippen LogP contribution in [0.2, 0.25) is 0 Å². The molecule has 1 saturated heterocycles. The lowest BCUT2D eigenvalue weighted by molar-refractivity contribution is 0.328. The maximum Gasteiger partial charge on any atom is 0.137 e. The van der Waals surface area contributed by atoms with Crippen LogP contribution in [0.3, 0.4) is 0 Å². The van der Waals surface area contributed by atoms with Crippen molar-refractivity contribution in [3.05, 3.63) is 18.2 Å². The van der Waals surface area contributed by atoms with E-state index in [4.69, 9.17) is 5.26 Å². The second-order valence-electron chi connectivity index (χ2n) is 4.78. The molecule has 5 heteroatoms. The number of aromatic nitrogens is 2. The first-order chi connectivity index (χ1) is 8.90. The van der Waals surface area contributed by atoms with Crippen LogP contribution in [0.25, 0.3) is 0 Å². The predicted molar refractivity (Wildman–Crippen MR) is 69.9 cm³/mol. The molecular weight excluding hydrogens is 226 g/mol. The van der Waals surface area contributed by atoms with Crippen LogP contribution >= 0.6 is 0 Å². The van der Waals surface area contributed by atoms with Gasteiger partial charge in [-0.1, -0.05) is 0 Å². The topological polar surface area (TPSA) is 67.7 Å². The molecule has 0 saturated carbocycles. The standard InChI is InChI=1S/C13H21N5/c14-9-12(13-10-15-11-17-13)16-5-1-2-6-18-7-3-4-8-18/h10-12,16H,1-8H2,(H,15,17). The first-order valence-electron chi connectivity index (χ1n) is 6.74. The van der Waals surface area contributed by atoms with Crippen LogP contribution < -0.4 is 5.32 Å². The molecule has 1 aromatic rings. The first kappa shape index (κ1) is 13.1. The van der Waals surface area contributed by atoms with Crippen LogP contribution in [0.5, 0.6) is 0 Å². The minimum atomic E-state index is -0.265. The molecule has 1 atom stereocenters. The van der Waals surface area contributed by atoms with Gasteiger partial charge in [-0.2, -0.15) is 5.26 Å². The molecule has 0 spiro atoms. The molecule has 1 aromatic heterocycles. The van der Waals surface area contributed by atoms with Gasteiger partial charge in [-0.15, -0.1) is 0 Å². The van der Waals surface area contributed by atoms with Crippen molar-refractivity contribution in [2.75, 3.05) is 26.2 Å². The molecular formula is C13H21N5. The third-order valence-electron chi connectivity index (χ3n) is 3.41. The molecule has 0 radical (unpaired) electrons. The Balaban J connectivity index is 1.58. The Morgan fingerprint density at radius 1 is 1.44 bits per heavy atom. The van der Waals surface area contributed by atoms with Gasteiger partial charge in [-0.05, 0) is 51.9 Å². The number of hydrogen-bond acceptors (Lipinski definition) is 4. The molecule has 18 heavy (non-hydrogen) atoms. The maximum atomic E-state index is 9.06.